The normalized spacial score (nSPS) is 11.3. The molecule has 1 aromatic carbocycles. The first-order chi connectivity index (χ1) is 10.3. The third kappa shape index (κ3) is 1.71. The van der Waals surface area contributed by atoms with Crippen molar-refractivity contribution in [2.24, 2.45) is 0 Å². The lowest BCUT2D eigenvalue weighted by Gasteiger charge is -1.99. The van der Waals surface area contributed by atoms with E-state index in [0.717, 1.165) is 22.5 Å². The summed E-state index contributed by atoms with van der Waals surface area (Å²) in [7, 11) is 1.63. The highest BCUT2D eigenvalue weighted by Gasteiger charge is 2.10. The molecule has 0 bridgehead atoms. The molecule has 0 radical (unpaired) electrons. The molecule has 0 aliphatic carbocycles. The number of aromatic amines is 1. The first-order valence-electron chi connectivity index (χ1n) is 6.36. The van der Waals surface area contributed by atoms with Crippen molar-refractivity contribution in [3.63, 3.8) is 0 Å². The Kier molecular flexibility index (Phi) is 2.34. The Bertz CT molecular complexity index is 994. The number of aromatic nitrogens is 5. The van der Waals surface area contributed by atoms with Crippen LogP contribution < -0.4 is 10.4 Å². The smallest absolute Gasteiger partial charge is 0.347 e. The van der Waals surface area contributed by atoms with Gasteiger partial charge in [0.25, 0.3) is 0 Å². The number of methoxy groups -OCH3 is 1. The molecule has 1 N–H and O–H groups in total. The molecule has 4 aromatic rings. The zero-order valence-corrected chi connectivity index (χ0v) is 11.1. The topological polar surface area (TPSA) is 76.7 Å². The van der Waals surface area contributed by atoms with Gasteiger partial charge in [-0.25, -0.2) is 18.8 Å². The van der Waals surface area contributed by atoms with E-state index >= 15 is 0 Å². The van der Waals surface area contributed by atoms with Gasteiger partial charge in [0.05, 0.1) is 12.8 Å². The van der Waals surface area contributed by atoms with Crippen molar-refractivity contribution in [3.05, 3.63) is 53.2 Å². The Balaban J connectivity index is 1.93. The molecule has 3 heterocycles. The molecular weight excluding hydrogens is 270 g/mol. The molecule has 0 aliphatic rings. The quantitative estimate of drug-likeness (QED) is 0.601. The monoisotopic (exact) mass is 281 g/mol. The Labute approximate surface area is 118 Å². The third-order valence-corrected chi connectivity index (χ3v) is 3.41. The van der Waals surface area contributed by atoms with Crippen molar-refractivity contribution < 1.29 is 4.74 Å². The standard InChI is InChI=1S/C14H11N5O2/c1-21-10-4-2-9(3-5-10)11-8-12-13-15-16-14(20)18(13)6-7-19(12)17-11/h2-8H,1H3,(H,16,20). The van der Waals surface area contributed by atoms with Crippen LogP contribution in [0.4, 0.5) is 0 Å². The Morgan fingerprint density at radius 3 is 2.76 bits per heavy atom. The molecule has 104 valence electrons. The second-order valence-electron chi connectivity index (χ2n) is 4.61. The minimum absolute atomic E-state index is 0.264. The first kappa shape index (κ1) is 11.7. The summed E-state index contributed by atoms with van der Waals surface area (Å²) in [5.74, 6) is 0.795. The molecule has 21 heavy (non-hydrogen) atoms. The van der Waals surface area contributed by atoms with Crippen LogP contribution in [0.2, 0.25) is 0 Å². The third-order valence-electron chi connectivity index (χ3n) is 3.41. The van der Waals surface area contributed by atoms with Gasteiger partial charge in [-0.1, -0.05) is 0 Å². The van der Waals surface area contributed by atoms with Crippen LogP contribution in [0.15, 0.2) is 47.5 Å². The van der Waals surface area contributed by atoms with Crippen LogP contribution in [-0.2, 0) is 0 Å². The first-order valence-corrected chi connectivity index (χ1v) is 6.36. The molecule has 0 amide bonds. The number of ether oxygens (including phenoxy) is 1. The van der Waals surface area contributed by atoms with Gasteiger partial charge >= 0.3 is 5.69 Å². The van der Waals surface area contributed by atoms with Gasteiger partial charge in [0.15, 0.2) is 5.65 Å². The fourth-order valence-electron chi connectivity index (χ4n) is 2.33. The van der Waals surface area contributed by atoms with Crippen molar-refractivity contribution >= 4 is 11.2 Å². The summed E-state index contributed by atoms with van der Waals surface area (Å²) in [5.41, 5.74) is 2.83. The molecule has 7 heteroatoms. The average Bonchev–Trinajstić information content (AvgIpc) is 3.11. The molecular formula is C14H11N5O2. The number of nitrogens with zero attached hydrogens (tertiary/aromatic N) is 4. The highest BCUT2D eigenvalue weighted by atomic mass is 16.5. The largest absolute Gasteiger partial charge is 0.497 e. The van der Waals surface area contributed by atoms with E-state index in [9.17, 15) is 4.79 Å². The lowest BCUT2D eigenvalue weighted by Crippen LogP contribution is -2.09. The molecule has 0 unspecified atom stereocenters. The molecule has 4 rings (SSSR count). The van der Waals surface area contributed by atoms with Gasteiger partial charge in [0.2, 0.25) is 0 Å². The van der Waals surface area contributed by atoms with Gasteiger partial charge in [-0.15, -0.1) is 0 Å². The highest BCUT2D eigenvalue weighted by molar-refractivity contribution is 5.76. The van der Waals surface area contributed by atoms with Gasteiger partial charge in [-0.05, 0) is 30.3 Å². The van der Waals surface area contributed by atoms with E-state index in [1.54, 1.807) is 24.0 Å². The van der Waals surface area contributed by atoms with E-state index < -0.39 is 0 Å². The van der Waals surface area contributed by atoms with E-state index in [4.69, 9.17) is 4.74 Å². The Morgan fingerprint density at radius 2 is 2.00 bits per heavy atom. The number of rotatable bonds is 2. The molecule has 0 saturated carbocycles. The van der Waals surface area contributed by atoms with Gasteiger partial charge in [0.1, 0.15) is 11.3 Å². The lowest BCUT2D eigenvalue weighted by atomic mass is 10.1. The van der Waals surface area contributed by atoms with Crippen LogP contribution in [0, 0.1) is 0 Å². The summed E-state index contributed by atoms with van der Waals surface area (Å²) in [6.45, 7) is 0. The number of H-pyrrole nitrogens is 1. The van der Waals surface area contributed by atoms with Crippen LogP contribution in [0.25, 0.3) is 22.4 Å². The number of fused-ring (bicyclic) bond motifs is 3. The Hall–Kier alpha value is -3.09. The van der Waals surface area contributed by atoms with Crippen molar-refractivity contribution in [2.75, 3.05) is 7.11 Å². The van der Waals surface area contributed by atoms with E-state index in [0.29, 0.717) is 5.65 Å². The number of nitrogens with one attached hydrogen (secondary N) is 1. The van der Waals surface area contributed by atoms with Gasteiger partial charge in [-0.2, -0.15) is 10.2 Å². The minimum atomic E-state index is -0.264. The van der Waals surface area contributed by atoms with Gasteiger partial charge in [0, 0.05) is 18.0 Å². The van der Waals surface area contributed by atoms with E-state index in [1.165, 1.54) is 4.40 Å². The summed E-state index contributed by atoms with van der Waals surface area (Å²) in [6.07, 6.45) is 3.37. The van der Waals surface area contributed by atoms with Crippen LogP contribution in [0.1, 0.15) is 0 Å². The number of hydrogen-bond donors (Lipinski definition) is 1. The molecule has 7 nitrogen and oxygen atoms in total. The van der Waals surface area contributed by atoms with Crippen LogP contribution in [0.3, 0.4) is 0 Å². The summed E-state index contributed by atoms with van der Waals surface area (Å²) < 4.78 is 8.30. The SMILES string of the molecule is COc1ccc(-c2cc3c4n[nH]c(=O)n4ccn3n2)cc1. The Morgan fingerprint density at radius 1 is 1.19 bits per heavy atom. The maximum atomic E-state index is 11.6. The van der Waals surface area contributed by atoms with Crippen molar-refractivity contribution in [3.8, 4) is 17.0 Å². The second-order valence-corrected chi connectivity index (χ2v) is 4.61. The summed E-state index contributed by atoms with van der Waals surface area (Å²) in [4.78, 5) is 11.6. The number of hydrogen-bond acceptors (Lipinski definition) is 4. The van der Waals surface area contributed by atoms with Gasteiger partial charge < -0.3 is 4.74 Å². The molecule has 0 spiro atoms. The van der Waals surface area contributed by atoms with Crippen LogP contribution in [-0.4, -0.2) is 31.3 Å². The van der Waals surface area contributed by atoms with Crippen molar-refractivity contribution in [1.29, 1.82) is 0 Å². The molecule has 0 atom stereocenters. The zero-order chi connectivity index (χ0) is 14.4. The average molecular weight is 281 g/mol. The van der Waals surface area contributed by atoms with E-state index in [-0.39, 0.29) is 5.69 Å². The van der Waals surface area contributed by atoms with Crippen LogP contribution >= 0.6 is 0 Å². The zero-order valence-electron chi connectivity index (χ0n) is 11.1. The maximum Gasteiger partial charge on any atom is 0.347 e. The van der Waals surface area contributed by atoms with Crippen LogP contribution in [0.5, 0.6) is 5.75 Å². The molecule has 0 saturated heterocycles. The minimum Gasteiger partial charge on any atom is -0.497 e. The van der Waals surface area contributed by atoms with Gasteiger partial charge in [-0.3, -0.25) is 0 Å². The summed E-state index contributed by atoms with van der Waals surface area (Å²) in [5, 5.41) is 11.0. The van der Waals surface area contributed by atoms with Crippen molar-refractivity contribution in [1.82, 2.24) is 24.2 Å². The van der Waals surface area contributed by atoms with Crippen molar-refractivity contribution in [2.45, 2.75) is 0 Å². The predicted octanol–water partition coefficient (Wildman–Crippen LogP) is 1.35. The second kappa shape index (κ2) is 4.20. The predicted molar refractivity (Wildman–Crippen MR) is 76.6 cm³/mol. The molecule has 0 fully saturated rings. The maximum absolute atomic E-state index is 11.6. The summed E-state index contributed by atoms with van der Waals surface area (Å²) in [6, 6.07) is 9.54. The number of benzene rings is 1. The fraction of sp³-hybridized carbons (Fsp3) is 0.0714. The highest BCUT2D eigenvalue weighted by Crippen LogP contribution is 2.23. The molecule has 3 aromatic heterocycles. The van der Waals surface area contributed by atoms with E-state index in [1.807, 2.05) is 30.3 Å². The van der Waals surface area contributed by atoms with E-state index in [2.05, 4.69) is 15.3 Å². The lowest BCUT2D eigenvalue weighted by molar-refractivity contribution is 0.415. The fourth-order valence-corrected chi connectivity index (χ4v) is 2.33. The summed E-state index contributed by atoms with van der Waals surface area (Å²) >= 11 is 0. The molecule has 0 aliphatic heterocycles.